The fourth-order valence-electron chi connectivity index (χ4n) is 0.645. The first-order chi connectivity index (χ1) is 6.91. The normalized spacial score (nSPS) is 16.7. The fourth-order valence-corrected chi connectivity index (χ4v) is 4.16. The van der Waals surface area contributed by atoms with E-state index in [1.807, 2.05) is 0 Å². The second-order valence-electron chi connectivity index (χ2n) is 2.85. The molecule has 0 amide bonds. The molecule has 0 radical (unpaired) electrons. The number of rotatable bonds is 4. The van der Waals surface area contributed by atoms with Gasteiger partial charge in [-0.1, -0.05) is 41.7 Å². The SMILES string of the molecule is CCC(=O)OC(C)(SP(=O)(O)O)C(Cl)(Cl)Cl. The standard InChI is InChI=1S/C6H10Cl3O5PS/c1-3-4(10)14-5(2,6(7,8)9)16-15(11,12)13/h3H2,1-2H3,(H2,11,12,13). The van der Waals surface area contributed by atoms with Gasteiger partial charge in [0.25, 0.3) is 0 Å². The third-order valence-electron chi connectivity index (χ3n) is 1.41. The lowest BCUT2D eigenvalue weighted by Crippen LogP contribution is -2.40. The zero-order valence-corrected chi connectivity index (χ0v) is 12.3. The summed E-state index contributed by atoms with van der Waals surface area (Å²) < 4.78 is 13.5. The van der Waals surface area contributed by atoms with Crippen molar-refractivity contribution in [3.8, 4) is 0 Å². The van der Waals surface area contributed by atoms with Crippen LogP contribution in [0, 0.1) is 0 Å². The van der Waals surface area contributed by atoms with Crippen LogP contribution in [0.5, 0.6) is 0 Å². The highest BCUT2D eigenvalue weighted by Gasteiger charge is 2.52. The van der Waals surface area contributed by atoms with Crippen LogP contribution in [0.2, 0.25) is 0 Å². The molecule has 0 spiro atoms. The van der Waals surface area contributed by atoms with E-state index in [2.05, 4.69) is 0 Å². The quantitative estimate of drug-likeness (QED) is 0.357. The third kappa shape index (κ3) is 5.45. The van der Waals surface area contributed by atoms with Crippen molar-refractivity contribution < 1.29 is 23.9 Å². The zero-order valence-electron chi connectivity index (χ0n) is 8.32. The molecule has 2 N–H and O–H groups in total. The van der Waals surface area contributed by atoms with Crippen molar-refractivity contribution in [1.82, 2.24) is 0 Å². The predicted molar refractivity (Wildman–Crippen MR) is 64.7 cm³/mol. The lowest BCUT2D eigenvalue weighted by molar-refractivity contribution is -0.149. The minimum absolute atomic E-state index is 0.00193. The van der Waals surface area contributed by atoms with Crippen LogP contribution in [0.1, 0.15) is 20.3 Å². The number of hydrogen-bond donors (Lipinski definition) is 2. The van der Waals surface area contributed by atoms with Gasteiger partial charge in [-0.3, -0.25) is 4.79 Å². The van der Waals surface area contributed by atoms with Crippen LogP contribution in [0.25, 0.3) is 0 Å². The van der Waals surface area contributed by atoms with Crippen LogP contribution in [0.15, 0.2) is 0 Å². The van der Waals surface area contributed by atoms with Crippen molar-refractivity contribution in [3.63, 3.8) is 0 Å². The van der Waals surface area contributed by atoms with Crippen LogP contribution >= 0.6 is 53.0 Å². The summed E-state index contributed by atoms with van der Waals surface area (Å²) in [5.74, 6) is -0.727. The van der Waals surface area contributed by atoms with E-state index in [0.717, 1.165) is 6.92 Å². The van der Waals surface area contributed by atoms with Crippen LogP contribution in [0.4, 0.5) is 0 Å². The van der Waals surface area contributed by atoms with E-state index in [1.165, 1.54) is 6.92 Å². The average Bonchev–Trinajstić information content (AvgIpc) is 1.98. The molecule has 0 saturated carbocycles. The summed E-state index contributed by atoms with van der Waals surface area (Å²) in [4.78, 5) is 26.8. The van der Waals surface area contributed by atoms with Crippen molar-refractivity contribution in [2.75, 3.05) is 0 Å². The summed E-state index contributed by atoms with van der Waals surface area (Å²) in [5, 5.41) is 0. The van der Waals surface area contributed by atoms with Crippen molar-refractivity contribution >= 4 is 59.0 Å². The molecule has 0 aromatic carbocycles. The largest absolute Gasteiger partial charge is 0.443 e. The molecule has 5 nitrogen and oxygen atoms in total. The summed E-state index contributed by atoms with van der Waals surface area (Å²) >= 11 is 16.6. The van der Waals surface area contributed by atoms with Gasteiger partial charge in [0.15, 0.2) is 0 Å². The van der Waals surface area contributed by atoms with Crippen LogP contribution in [-0.4, -0.2) is 24.5 Å². The highest BCUT2D eigenvalue weighted by molar-refractivity contribution is 8.55. The van der Waals surface area contributed by atoms with Crippen molar-refractivity contribution in [2.45, 2.75) is 29.0 Å². The topological polar surface area (TPSA) is 83.8 Å². The second kappa shape index (κ2) is 5.65. The molecule has 1 unspecified atom stereocenters. The van der Waals surface area contributed by atoms with Crippen molar-refractivity contribution in [3.05, 3.63) is 0 Å². The number of carbonyl (C=O) groups is 1. The maximum Gasteiger partial charge on any atom is 0.387 e. The lowest BCUT2D eigenvalue weighted by Gasteiger charge is -2.34. The van der Waals surface area contributed by atoms with Gasteiger partial charge in [-0.15, -0.1) is 0 Å². The smallest absolute Gasteiger partial charge is 0.387 e. The number of ether oxygens (including phenoxy) is 1. The molecule has 0 aromatic heterocycles. The molecule has 96 valence electrons. The average molecular weight is 332 g/mol. The van der Waals surface area contributed by atoms with E-state index in [4.69, 9.17) is 49.3 Å². The van der Waals surface area contributed by atoms with E-state index in [0.29, 0.717) is 0 Å². The number of alkyl halides is 3. The summed E-state index contributed by atoms with van der Waals surface area (Å²) in [6.07, 6.45) is -0.00193. The lowest BCUT2D eigenvalue weighted by atomic mass is 10.4. The Balaban J connectivity index is 5.06. The number of esters is 1. The van der Waals surface area contributed by atoms with Gasteiger partial charge in [-0.05, 0) is 6.92 Å². The molecule has 0 aliphatic carbocycles. The Labute approximate surface area is 112 Å². The molecule has 16 heavy (non-hydrogen) atoms. The maximum absolute atomic E-state index is 11.1. The van der Waals surface area contributed by atoms with Gasteiger partial charge in [0.1, 0.15) is 0 Å². The summed E-state index contributed by atoms with van der Waals surface area (Å²) in [6, 6.07) is 0. The van der Waals surface area contributed by atoms with E-state index in [1.54, 1.807) is 0 Å². The van der Waals surface area contributed by atoms with Gasteiger partial charge in [0.2, 0.25) is 8.73 Å². The molecule has 0 aliphatic rings. The van der Waals surface area contributed by atoms with Crippen molar-refractivity contribution in [1.29, 1.82) is 0 Å². The van der Waals surface area contributed by atoms with Gasteiger partial charge in [-0.25, -0.2) is 4.57 Å². The van der Waals surface area contributed by atoms with Gasteiger partial charge in [0, 0.05) is 17.8 Å². The Morgan fingerprint density at radius 1 is 1.44 bits per heavy atom. The number of carbonyl (C=O) groups excluding carboxylic acids is 1. The summed E-state index contributed by atoms with van der Waals surface area (Å²) in [6.45, 7) is -1.94. The Bertz CT molecular complexity index is 314. The highest BCUT2D eigenvalue weighted by atomic mass is 35.6. The molecule has 0 fully saturated rings. The van der Waals surface area contributed by atoms with E-state index < -0.39 is 21.5 Å². The van der Waals surface area contributed by atoms with Gasteiger partial charge in [0.05, 0.1) is 0 Å². The number of halogens is 3. The highest BCUT2D eigenvalue weighted by Crippen LogP contribution is 2.63. The zero-order chi connectivity index (χ0) is 13.2. The Kier molecular flexibility index (Phi) is 5.95. The molecule has 0 aliphatic heterocycles. The molecule has 0 heterocycles. The molecule has 10 heteroatoms. The Morgan fingerprint density at radius 3 is 2.12 bits per heavy atom. The van der Waals surface area contributed by atoms with Crippen molar-refractivity contribution in [2.24, 2.45) is 0 Å². The molecule has 0 aromatic rings. The second-order valence-corrected chi connectivity index (χ2v) is 9.05. The molecule has 0 rings (SSSR count). The molecular weight excluding hydrogens is 321 g/mol. The predicted octanol–water partition coefficient (Wildman–Crippen LogP) is 2.85. The fraction of sp³-hybridized carbons (Fsp3) is 0.833. The number of hydrogen-bond acceptors (Lipinski definition) is 4. The molecule has 0 bridgehead atoms. The van der Waals surface area contributed by atoms with Gasteiger partial charge >= 0.3 is 12.8 Å². The molecule has 1 atom stereocenters. The minimum atomic E-state index is -4.56. The first-order valence-corrected chi connectivity index (χ1v) is 8.13. The first-order valence-electron chi connectivity index (χ1n) is 3.96. The van der Waals surface area contributed by atoms with E-state index in [9.17, 15) is 9.36 Å². The van der Waals surface area contributed by atoms with Crippen LogP contribution in [-0.2, 0) is 14.1 Å². The van der Waals surface area contributed by atoms with Gasteiger partial charge in [-0.2, -0.15) is 0 Å². The third-order valence-corrected chi connectivity index (χ3v) is 5.56. The summed E-state index contributed by atoms with van der Waals surface area (Å²) in [7, 11) is 0. The molecule has 0 saturated heterocycles. The first kappa shape index (κ1) is 16.8. The van der Waals surface area contributed by atoms with Crippen LogP contribution in [0.3, 0.4) is 0 Å². The van der Waals surface area contributed by atoms with Gasteiger partial charge < -0.3 is 14.5 Å². The molecular formula is C6H10Cl3O5PS. The Morgan fingerprint density at radius 2 is 1.88 bits per heavy atom. The summed E-state index contributed by atoms with van der Waals surface area (Å²) in [5.41, 5.74) is 0. The van der Waals surface area contributed by atoms with E-state index in [-0.39, 0.29) is 17.8 Å². The van der Waals surface area contributed by atoms with Crippen LogP contribution < -0.4 is 0 Å². The maximum atomic E-state index is 11.1. The van der Waals surface area contributed by atoms with E-state index >= 15 is 0 Å². The monoisotopic (exact) mass is 330 g/mol. The minimum Gasteiger partial charge on any atom is -0.443 e. The Hall–Kier alpha value is 0.840.